The van der Waals surface area contributed by atoms with Crippen molar-refractivity contribution in [3.05, 3.63) is 28.2 Å². The fourth-order valence-corrected chi connectivity index (χ4v) is 1.50. The van der Waals surface area contributed by atoms with Gasteiger partial charge in [-0.25, -0.2) is 0 Å². The number of amides is 1. The largest absolute Gasteiger partial charge is 0.508 e. The number of likely N-dealkylation sites (N-methyl/N-ethyl adjacent to an activating group) is 1. The molecule has 5 heteroatoms. The monoisotopic (exact) mass is 272 g/mol. The predicted octanol–water partition coefficient (Wildman–Crippen LogP) is 0.990. The van der Waals surface area contributed by atoms with E-state index in [0.717, 1.165) is 10.0 Å². The van der Waals surface area contributed by atoms with Crippen molar-refractivity contribution in [2.45, 2.75) is 6.54 Å². The summed E-state index contributed by atoms with van der Waals surface area (Å²) in [4.78, 5) is 10.9. The molecule has 0 saturated heterocycles. The molecule has 4 nitrogen and oxygen atoms in total. The van der Waals surface area contributed by atoms with Crippen molar-refractivity contribution in [1.29, 1.82) is 0 Å². The van der Waals surface area contributed by atoms with Gasteiger partial charge in [0.15, 0.2) is 0 Å². The molecule has 0 bridgehead atoms. The highest BCUT2D eigenvalue weighted by molar-refractivity contribution is 9.10. The van der Waals surface area contributed by atoms with Gasteiger partial charge in [-0.2, -0.15) is 0 Å². The van der Waals surface area contributed by atoms with Crippen LogP contribution in [0, 0.1) is 0 Å². The summed E-state index contributed by atoms with van der Waals surface area (Å²) < 4.78 is 0.900. The van der Waals surface area contributed by atoms with Crippen LogP contribution in [0.4, 0.5) is 0 Å². The maximum absolute atomic E-state index is 10.9. The van der Waals surface area contributed by atoms with Gasteiger partial charge in [0.1, 0.15) is 5.75 Å². The standard InChI is InChI=1S/C10H13BrN2O2/c1-12-10(15)6-13-5-7-4-8(11)2-3-9(7)14/h2-4,13-14H,5-6H2,1H3,(H,12,15). The first-order chi connectivity index (χ1) is 7.13. The average molecular weight is 273 g/mol. The minimum Gasteiger partial charge on any atom is -0.508 e. The van der Waals surface area contributed by atoms with E-state index in [-0.39, 0.29) is 18.2 Å². The summed E-state index contributed by atoms with van der Waals surface area (Å²) in [7, 11) is 1.58. The van der Waals surface area contributed by atoms with Crippen LogP contribution < -0.4 is 10.6 Å². The minimum atomic E-state index is -0.0792. The zero-order valence-electron chi connectivity index (χ0n) is 8.38. The second-order valence-electron chi connectivity index (χ2n) is 3.05. The van der Waals surface area contributed by atoms with Crippen molar-refractivity contribution < 1.29 is 9.90 Å². The maximum atomic E-state index is 10.9. The molecule has 1 aromatic rings. The van der Waals surface area contributed by atoms with Crippen LogP contribution in [0.25, 0.3) is 0 Å². The highest BCUT2D eigenvalue weighted by Gasteiger charge is 2.02. The van der Waals surface area contributed by atoms with Gasteiger partial charge in [0.2, 0.25) is 5.91 Å². The van der Waals surface area contributed by atoms with E-state index in [2.05, 4.69) is 26.6 Å². The van der Waals surface area contributed by atoms with Crippen molar-refractivity contribution in [2.75, 3.05) is 13.6 Å². The summed E-state index contributed by atoms with van der Waals surface area (Å²) in [5, 5.41) is 14.9. The number of carbonyl (C=O) groups excluding carboxylic acids is 1. The number of hydrogen-bond acceptors (Lipinski definition) is 3. The van der Waals surface area contributed by atoms with E-state index in [1.165, 1.54) is 0 Å². The zero-order valence-corrected chi connectivity index (χ0v) is 9.97. The number of halogens is 1. The molecule has 1 amide bonds. The number of aromatic hydroxyl groups is 1. The SMILES string of the molecule is CNC(=O)CNCc1cc(Br)ccc1O. The normalized spacial score (nSPS) is 10.0. The molecule has 1 rings (SSSR count). The lowest BCUT2D eigenvalue weighted by Crippen LogP contribution is -2.30. The van der Waals surface area contributed by atoms with Crippen LogP contribution in [0.2, 0.25) is 0 Å². The summed E-state index contributed by atoms with van der Waals surface area (Å²) >= 11 is 3.31. The third-order valence-corrected chi connectivity index (χ3v) is 2.41. The Kier molecular flexibility index (Phi) is 4.58. The van der Waals surface area contributed by atoms with Gasteiger partial charge in [-0.1, -0.05) is 15.9 Å². The molecule has 0 aliphatic carbocycles. The van der Waals surface area contributed by atoms with E-state index in [1.54, 1.807) is 19.2 Å². The van der Waals surface area contributed by atoms with Gasteiger partial charge >= 0.3 is 0 Å². The molecular formula is C10H13BrN2O2. The summed E-state index contributed by atoms with van der Waals surface area (Å²) in [6.45, 7) is 0.696. The molecule has 0 heterocycles. The van der Waals surface area contributed by atoms with Gasteiger partial charge < -0.3 is 15.7 Å². The lowest BCUT2D eigenvalue weighted by Gasteiger charge is -2.06. The van der Waals surface area contributed by atoms with Crippen molar-refractivity contribution >= 4 is 21.8 Å². The molecule has 0 saturated carbocycles. The van der Waals surface area contributed by atoms with Gasteiger partial charge in [-0.05, 0) is 18.2 Å². The Hall–Kier alpha value is -1.07. The number of phenols is 1. The lowest BCUT2D eigenvalue weighted by molar-refractivity contribution is -0.119. The molecule has 0 aliphatic heterocycles. The van der Waals surface area contributed by atoms with Crippen LogP contribution in [0.1, 0.15) is 5.56 Å². The molecule has 0 spiro atoms. The second kappa shape index (κ2) is 5.72. The lowest BCUT2D eigenvalue weighted by atomic mass is 10.2. The van der Waals surface area contributed by atoms with E-state index in [9.17, 15) is 9.90 Å². The Balaban J connectivity index is 2.50. The van der Waals surface area contributed by atoms with Crippen LogP contribution >= 0.6 is 15.9 Å². The highest BCUT2D eigenvalue weighted by atomic mass is 79.9. The van der Waals surface area contributed by atoms with Crippen molar-refractivity contribution in [3.8, 4) is 5.75 Å². The molecule has 0 aliphatic rings. The van der Waals surface area contributed by atoms with Gasteiger partial charge in [0, 0.05) is 23.6 Å². The molecule has 1 aromatic carbocycles. The van der Waals surface area contributed by atoms with Crippen LogP contribution in [0.3, 0.4) is 0 Å². The first-order valence-electron chi connectivity index (χ1n) is 4.52. The van der Waals surface area contributed by atoms with E-state index >= 15 is 0 Å². The van der Waals surface area contributed by atoms with Crippen LogP contribution in [0.5, 0.6) is 5.75 Å². The Morgan fingerprint density at radius 3 is 2.93 bits per heavy atom. The van der Waals surface area contributed by atoms with Gasteiger partial charge in [0.05, 0.1) is 6.54 Å². The Morgan fingerprint density at radius 1 is 1.53 bits per heavy atom. The fourth-order valence-electron chi connectivity index (χ4n) is 1.09. The minimum absolute atomic E-state index is 0.0792. The van der Waals surface area contributed by atoms with Crippen LogP contribution in [0.15, 0.2) is 22.7 Å². The van der Waals surface area contributed by atoms with Crippen LogP contribution in [-0.4, -0.2) is 24.6 Å². The molecule has 0 radical (unpaired) electrons. The number of rotatable bonds is 4. The quantitative estimate of drug-likeness (QED) is 0.766. The predicted molar refractivity (Wildman–Crippen MR) is 61.6 cm³/mol. The van der Waals surface area contributed by atoms with Gasteiger partial charge in [0.25, 0.3) is 0 Å². The van der Waals surface area contributed by atoms with E-state index in [0.29, 0.717) is 6.54 Å². The molecule has 15 heavy (non-hydrogen) atoms. The average Bonchev–Trinajstić information content (AvgIpc) is 2.23. The topological polar surface area (TPSA) is 61.4 Å². The van der Waals surface area contributed by atoms with Gasteiger partial charge in [-0.15, -0.1) is 0 Å². The van der Waals surface area contributed by atoms with E-state index in [1.807, 2.05) is 6.07 Å². The Labute approximate surface area is 96.8 Å². The molecule has 0 atom stereocenters. The summed E-state index contributed by atoms with van der Waals surface area (Å²) in [6.07, 6.45) is 0. The molecular weight excluding hydrogens is 260 g/mol. The Morgan fingerprint density at radius 2 is 2.27 bits per heavy atom. The number of hydrogen-bond donors (Lipinski definition) is 3. The summed E-state index contributed by atoms with van der Waals surface area (Å²) in [5.74, 6) is 0.145. The molecule has 0 aromatic heterocycles. The second-order valence-corrected chi connectivity index (χ2v) is 3.97. The van der Waals surface area contributed by atoms with E-state index in [4.69, 9.17) is 0 Å². The number of phenolic OH excluding ortho intramolecular Hbond substituents is 1. The fraction of sp³-hybridized carbons (Fsp3) is 0.300. The van der Waals surface area contributed by atoms with Crippen molar-refractivity contribution in [3.63, 3.8) is 0 Å². The third-order valence-electron chi connectivity index (χ3n) is 1.92. The molecule has 0 unspecified atom stereocenters. The summed E-state index contributed by atoms with van der Waals surface area (Å²) in [5.41, 5.74) is 0.758. The van der Waals surface area contributed by atoms with E-state index < -0.39 is 0 Å². The summed E-state index contributed by atoms with van der Waals surface area (Å²) in [6, 6.07) is 5.19. The molecule has 82 valence electrons. The number of carbonyl (C=O) groups is 1. The Bertz CT molecular complexity index is 355. The number of nitrogens with one attached hydrogen (secondary N) is 2. The third kappa shape index (κ3) is 3.89. The first-order valence-corrected chi connectivity index (χ1v) is 5.31. The molecule has 0 fully saturated rings. The zero-order chi connectivity index (χ0) is 11.3. The van der Waals surface area contributed by atoms with Gasteiger partial charge in [-0.3, -0.25) is 4.79 Å². The smallest absolute Gasteiger partial charge is 0.233 e. The maximum Gasteiger partial charge on any atom is 0.233 e. The van der Waals surface area contributed by atoms with Crippen molar-refractivity contribution in [2.24, 2.45) is 0 Å². The highest BCUT2D eigenvalue weighted by Crippen LogP contribution is 2.21. The number of benzene rings is 1. The van der Waals surface area contributed by atoms with Crippen molar-refractivity contribution in [1.82, 2.24) is 10.6 Å². The van der Waals surface area contributed by atoms with Crippen LogP contribution in [-0.2, 0) is 11.3 Å². The first kappa shape index (κ1) is 12.0. The molecule has 3 N–H and O–H groups in total.